The highest BCUT2D eigenvalue weighted by Crippen LogP contribution is 2.31. The molecule has 0 aliphatic carbocycles. The summed E-state index contributed by atoms with van der Waals surface area (Å²) in [6, 6.07) is 14.6. The Morgan fingerprint density at radius 2 is 1.83 bits per heavy atom. The quantitative estimate of drug-likeness (QED) is 0.565. The van der Waals surface area contributed by atoms with E-state index in [2.05, 4.69) is 20.9 Å². The van der Waals surface area contributed by atoms with Crippen LogP contribution in [0.25, 0.3) is 0 Å². The molecule has 2 aliphatic rings. The Labute approximate surface area is 212 Å². The molecule has 2 amide bonds. The number of aromatic nitrogens is 3. The van der Waals surface area contributed by atoms with Crippen molar-refractivity contribution in [1.82, 2.24) is 24.3 Å². The van der Waals surface area contributed by atoms with Gasteiger partial charge in [-0.25, -0.2) is 4.98 Å². The Bertz CT molecular complexity index is 1170. The molecule has 0 spiro atoms. The van der Waals surface area contributed by atoms with Crippen molar-refractivity contribution in [3.8, 4) is 0 Å². The minimum atomic E-state index is 0.0293. The van der Waals surface area contributed by atoms with Gasteiger partial charge < -0.3 is 14.4 Å². The Balaban J connectivity index is 1.51. The van der Waals surface area contributed by atoms with Gasteiger partial charge in [0.05, 0.1) is 12.0 Å². The number of imidazole rings is 1. The number of fused-ring (bicyclic) bond motifs is 3. The maximum Gasteiger partial charge on any atom is 0.242 e. The fraction of sp³-hybridized carbons (Fsp3) is 0.429. The van der Waals surface area contributed by atoms with Gasteiger partial charge in [-0.15, -0.1) is 0 Å². The smallest absolute Gasteiger partial charge is 0.242 e. The SMILES string of the molecule is CC(=O)N1CCC2CCCC(CN(C(=O)Cn3ccnc3)Cc3ccccc31)N2Cc1ccccn1. The summed E-state index contributed by atoms with van der Waals surface area (Å²) < 4.78 is 1.82. The third kappa shape index (κ3) is 5.49. The van der Waals surface area contributed by atoms with Crippen LogP contribution in [0.3, 0.4) is 0 Å². The van der Waals surface area contributed by atoms with Gasteiger partial charge in [-0.3, -0.25) is 19.5 Å². The van der Waals surface area contributed by atoms with Crippen LogP contribution in [0, 0.1) is 0 Å². The van der Waals surface area contributed by atoms with Gasteiger partial charge in [-0.2, -0.15) is 0 Å². The molecule has 3 aromatic rings. The van der Waals surface area contributed by atoms with Crippen molar-refractivity contribution in [1.29, 1.82) is 0 Å². The van der Waals surface area contributed by atoms with Crippen LogP contribution in [0.5, 0.6) is 0 Å². The van der Waals surface area contributed by atoms with E-state index in [1.165, 1.54) is 0 Å². The van der Waals surface area contributed by atoms with Crippen LogP contribution in [0.1, 0.15) is 43.9 Å². The standard InChI is InChI=1S/C28H34N6O2/c1-22(35)33-15-12-25-9-6-10-26(34(25)18-24-8-4-5-13-30-24)19-32(17-23-7-2-3-11-27(23)33)28(36)20-31-16-14-29-21-31/h2-5,7-8,11,13-14,16,21,25-26H,6,9-10,12,15,17-20H2,1H3. The number of hydrogen-bond acceptors (Lipinski definition) is 5. The van der Waals surface area contributed by atoms with Gasteiger partial charge in [0, 0.05) is 69.5 Å². The first-order valence-corrected chi connectivity index (χ1v) is 12.8. The van der Waals surface area contributed by atoms with Gasteiger partial charge in [0.2, 0.25) is 11.8 Å². The number of para-hydroxylation sites is 1. The number of hydrogen-bond donors (Lipinski definition) is 0. The van der Waals surface area contributed by atoms with Crippen LogP contribution < -0.4 is 4.90 Å². The molecule has 8 nitrogen and oxygen atoms in total. The molecule has 2 bridgehead atoms. The molecule has 188 valence electrons. The lowest BCUT2D eigenvalue weighted by Crippen LogP contribution is -2.52. The van der Waals surface area contributed by atoms with Crippen LogP contribution in [0.2, 0.25) is 0 Å². The zero-order valence-electron chi connectivity index (χ0n) is 20.9. The van der Waals surface area contributed by atoms with E-state index >= 15 is 0 Å². The molecule has 2 aliphatic heterocycles. The summed E-state index contributed by atoms with van der Waals surface area (Å²) >= 11 is 0. The molecule has 2 unspecified atom stereocenters. The zero-order chi connectivity index (χ0) is 24.9. The third-order valence-corrected chi connectivity index (χ3v) is 7.45. The van der Waals surface area contributed by atoms with E-state index in [0.717, 1.165) is 49.2 Å². The van der Waals surface area contributed by atoms with Crippen molar-refractivity contribution in [2.75, 3.05) is 18.0 Å². The van der Waals surface area contributed by atoms with E-state index in [1.54, 1.807) is 19.4 Å². The number of amides is 2. The summed E-state index contributed by atoms with van der Waals surface area (Å²) in [5.41, 5.74) is 2.94. The molecule has 5 rings (SSSR count). The van der Waals surface area contributed by atoms with Crippen LogP contribution >= 0.6 is 0 Å². The van der Waals surface area contributed by atoms with Crippen molar-refractivity contribution in [2.45, 2.75) is 64.3 Å². The van der Waals surface area contributed by atoms with Crippen molar-refractivity contribution >= 4 is 17.5 Å². The van der Waals surface area contributed by atoms with Gasteiger partial charge in [0.1, 0.15) is 6.54 Å². The predicted octanol–water partition coefficient (Wildman–Crippen LogP) is 3.49. The average molecular weight is 487 g/mol. The van der Waals surface area contributed by atoms with Gasteiger partial charge >= 0.3 is 0 Å². The highest BCUT2D eigenvalue weighted by Gasteiger charge is 2.34. The monoisotopic (exact) mass is 486 g/mol. The number of pyridine rings is 1. The first-order valence-electron chi connectivity index (χ1n) is 12.8. The molecule has 2 atom stereocenters. The van der Waals surface area contributed by atoms with E-state index in [-0.39, 0.29) is 24.4 Å². The van der Waals surface area contributed by atoms with Gasteiger partial charge in [0.15, 0.2) is 0 Å². The molecular weight excluding hydrogens is 452 g/mol. The van der Waals surface area contributed by atoms with Crippen LogP contribution in [-0.4, -0.2) is 61.3 Å². The number of carbonyl (C=O) groups is 2. The second-order valence-corrected chi connectivity index (χ2v) is 9.83. The topological polar surface area (TPSA) is 74.6 Å². The fourth-order valence-electron chi connectivity index (χ4n) is 5.65. The summed E-state index contributed by atoms with van der Waals surface area (Å²) in [5.74, 6) is 0.0814. The van der Waals surface area contributed by atoms with E-state index in [1.807, 2.05) is 63.2 Å². The predicted molar refractivity (Wildman–Crippen MR) is 138 cm³/mol. The maximum atomic E-state index is 13.6. The van der Waals surface area contributed by atoms with Crippen LogP contribution in [0.15, 0.2) is 67.4 Å². The lowest BCUT2D eigenvalue weighted by Gasteiger charge is -2.44. The number of nitrogens with zero attached hydrogens (tertiary/aromatic N) is 6. The second-order valence-electron chi connectivity index (χ2n) is 9.83. The highest BCUT2D eigenvalue weighted by molar-refractivity contribution is 5.92. The highest BCUT2D eigenvalue weighted by atomic mass is 16.2. The minimum absolute atomic E-state index is 0.0293. The Morgan fingerprint density at radius 3 is 2.61 bits per heavy atom. The van der Waals surface area contributed by atoms with Crippen LogP contribution in [-0.2, 0) is 29.2 Å². The van der Waals surface area contributed by atoms with E-state index in [0.29, 0.717) is 25.7 Å². The summed E-state index contributed by atoms with van der Waals surface area (Å²) in [4.78, 5) is 41.5. The number of benzene rings is 1. The van der Waals surface area contributed by atoms with Crippen LogP contribution in [0.4, 0.5) is 5.69 Å². The van der Waals surface area contributed by atoms with Crippen molar-refractivity contribution in [3.05, 3.63) is 78.6 Å². The van der Waals surface area contributed by atoms with E-state index in [9.17, 15) is 9.59 Å². The number of carbonyl (C=O) groups excluding carboxylic acids is 2. The maximum absolute atomic E-state index is 13.6. The largest absolute Gasteiger partial charge is 0.335 e. The summed E-state index contributed by atoms with van der Waals surface area (Å²) in [6.07, 6.45) is 11.2. The lowest BCUT2D eigenvalue weighted by atomic mass is 9.92. The molecule has 36 heavy (non-hydrogen) atoms. The minimum Gasteiger partial charge on any atom is -0.335 e. The van der Waals surface area contributed by atoms with Gasteiger partial charge in [-0.1, -0.05) is 30.7 Å². The molecular formula is C28H34N6O2. The molecule has 0 N–H and O–H groups in total. The first-order chi connectivity index (χ1) is 17.6. The molecule has 1 aromatic carbocycles. The molecule has 8 heteroatoms. The summed E-state index contributed by atoms with van der Waals surface area (Å²) in [5, 5.41) is 0. The average Bonchev–Trinajstić information content (AvgIpc) is 3.39. The van der Waals surface area contributed by atoms with Crippen molar-refractivity contribution in [3.63, 3.8) is 0 Å². The zero-order valence-corrected chi connectivity index (χ0v) is 20.9. The summed E-state index contributed by atoms with van der Waals surface area (Å²) in [6.45, 7) is 4.39. The van der Waals surface area contributed by atoms with E-state index in [4.69, 9.17) is 0 Å². The normalized spacial score (nSPS) is 20.9. The molecule has 0 radical (unpaired) electrons. The number of rotatable bonds is 4. The lowest BCUT2D eigenvalue weighted by molar-refractivity contribution is -0.134. The van der Waals surface area contributed by atoms with Crippen molar-refractivity contribution < 1.29 is 9.59 Å². The van der Waals surface area contributed by atoms with Gasteiger partial charge in [-0.05, 0) is 43.0 Å². The van der Waals surface area contributed by atoms with Gasteiger partial charge in [0.25, 0.3) is 0 Å². The third-order valence-electron chi connectivity index (χ3n) is 7.45. The Kier molecular flexibility index (Phi) is 7.41. The second kappa shape index (κ2) is 11.0. The summed E-state index contributed by atoms with van der Waals surface area (Å²) in [7, 11) is 0. The molecule has 1 fully saturated rings. The molecule has 2 aromatic heterocycles. The number of piperidine rings is 1. The fourth-order valence-corrected chi connectivity index (χ4v) is 5.65. The number of anilines is 1. The molecule has 4 heterocycles. The van der Waals surface area contributed by atoms with E-state index < -0.39 is 0 Å². The van der Waals surface area contributed by atoms with Crippen molar-refractivity contribution in [2.24, 2.45) is 0 Å². The molecule has 0 saturated carbocycles. The Hall–Kier alpha value is -3.52. The molecule has 1 saturated heterocycles. The Morgan fingerprint density at radius 1 is 1.00 bits per heavy atom. The first kappa shape index (κ1) is 24.2.